The van der Waals surface area contributed by atoms with Gasteiger partial charge < -0.3 is 0 Å². The van der Waals surface area contributed by atoms with Crippen LogP contribution in [0.4, 0.5) is 0 Å². The van der Waals surface area contributed by atoms with Crippen LogP contribution < -0.4 is 4.72 Å². The van der Waals surface area contributed by atoms with Crippen LogP contribution in [0, 0.1) is 0 Å². The van der Waals surface area contributed by atoms with Gasteiger partial charge >= 0.3 is 0 Å². The maximum absolute atomic E-state index is 12.1. The molecule has 1 N–H and O–H groups in total. The van der Waals surface area contributed by atoms with Gasteiger partial charge in [0.2, 0.25) is 15.0 Å². The van der Waals surface area contributed by atoms with Crippen LogP contribution in [0.15, 0.2) is 30.3 Å². The lowest BCUT2D eigenvalue weighted by atomic mass is 10.2. The van der Waals surface area contributed by atoms with Crippen molar-refractivity contribution in [2.24, 2.45) is 0 Å². The number of fused-ring (bicyclic) bond motifs is 1. The standard InChI is InChI=1S/C14H15N5O2S2/c20-23(21,9-10-4-2-1-3-5-10)15-8-12-18-19-13(11-6-7-11)16-17-14(19)22-12/h1-5,11,15H,6-9H2. The predicted molar refractivity (Wildman–Crippen MR) is 86.5 cm³/mol. The zero-order valence-electron chi connectivity index (χ0n) is 12.2. The summed E-state index contributed by atoms with van der Waals surface area (Å²) in [5.41, 5.74) is 0.758. The summed E-state index contributed by atoms with van der Waals surface area (Å²) in [4.78, 5) is 0.712. The predicted octanol–water partition coefficient (Wildman–Crippen LogP) is 1.68. The summed E-state index contributed by atoms with van der Waals surface area (Å²) in [5, 5.41) is 13.4. The molecule has 1 fully saturated rings. The maximum atomic E-state index is 12.1. The van der Waals surface area contributed by atoms with Gasteiger partial charge in [0, 0.05) is 5.92 Å². The van der Waals surface area contributed by atoms with Crippen LogP contribution in [0.25, 0.3) is 4.96 Å². The van der Waals surface area contributed by atoms with Gasteiger partial charge in [-0.15, -0.1) is 10.2 Å². The molecule has 4 rings (SSSR count). The average molecular weight is 349 g/mol. The van der Waals surface area contributed by atoms with E-state index in [1.54, 1.807) is 16.6 Å². The molecule has 0 unspecified atom stereocenters. The fraction of sp³-hybridized carbons (Fsp3) is 0.357. The first-order valence-corrected chi connectivity index (χ1v) is 9.80. The molecule has 0 radical (unpaired) electrons. The first-order chi connectivity index (χ1) is 11.1. The first kappa shape index (κ1) is 14.7. The topological polar surface area (TPSA) is 89.2 Å². The first-order valence-electron chi connectivity index (χ1n) is 7.33. The Labute approximate surface area is 137 Å². The monoisotopic (exact) mass is 349 g/mol. The van der Waals surface area contributed by atoms with E-state index in [0.717, 1.165) is 24.2 Å². The Morgan fingerprint density at radius 1 is 1.22 bits per heavy atom. The van der Waals surface area contributed by atoms with E-state index in [9.17, 15) is 8.42 Å². The zero-order chi connectivity index (χ0) is 15.9. The third-order valence-corrected chi connectivity index (χ3v) is 5.84. The molecule has 0 spiro atoms. The van der Waals surface area contributed by atoms with Crippen LogP contribution >= 0.6 is 11.3 Å². The quantitative estimate of drug-likeness (QED) is 0.731. The summed E-state index contributed by atoms with van der Waals surface area (Å²) in [5.74, 6) is 1.30. The Bertz CT molecular complexity index is 929. The van der Waals surface area contributed by atoms with Crippen molar-refractivity contribution in [1.82, 2.24) is 24.5 Å². The van der Waals surface area contributed by atoms with Crippen molar-refractivity contribution in [1.29, 1.82) is 0 Å². The molecular formula is C14H15N5O2S2. The molecule has 0 aliphatic heterocycles. The van der Waals surface area contributed by atoms with Gasteiger partial charge in [-0.3, -0.25) is 0 Å². The van der Waals surface area contributed by atoms with Crippen LogP contribution in [0.3, 0.4) is 0 Å². The van der Waals surface area contributed by atoms with Gasteiger partial charge in [-0.2, -0.15) is 9.61 Å². The maximum Gasteiger partial charge on any atom is 0.234 e. The van der Waals surface area contributed by atoms with Gasteiger partial charge in [0.25, 0.3) is 0 Å². The molecule has 1 aromatic carbocycles. The average Bonchev–Trinajstić information content (AvgIpc) is 3.16. The molecule has 2 aromatic heterocycles. The van der Waals surface area contributed by atoms with E-state index in [4.69, 9.17) is 0 Å². The van der Waals surface area contributed by atoms with Crippen molar-refractivity contribution in [2.75, 3.05) is 0 Å². The summed E-state index contributed by atoms with van der Waals surface area (Å²) in [7, 11) is -3.40. The summed E-state index contributed by atoms with van der Waals surface area (Å²) in [6.45, 7) is 0.174. The molecule has 9 heteroatoms. The second-order valence-electron chi connectivity index (χ2n) is 5.59. The molecule has 1 aliphatic carbocycles. The molecule has 1 aliphatic rings. The number of benzene rings is 1. The zero-order valence-corrected chi connectivity index (χ0v) is 13.8. The molecule has 2 heterocycles. The normalized spacial score (nSPS) is 15.3. The summed E-state index contributed by atoms with van der Waals surface area (Å²) < 4.78 is 28.6. The minimum atomic E-state index is -3.40. The van der Waals surface area contributed by atoms with Gasteiger partial charge in [0.1, 0.15) is 5.01 Å². The summed E-state index contributed by atoms with van der Waals surface area (Å²) in [6, 6.07) is 9.11. The Kier molecular flexibility index (Phi) is 3.63. The lowest BCUT2D eigenvalue weighted by Gasteiger charge is -2.04. The van der Waals surface area contributed by atoms with Crippen molar-refractivity contribution in [3.8, 4) is 0 Å². The van der Waals surface area contributed by atoms with Gasteiger partial charge in [0.05, 0.1) is 12.3 Å². The smallest absolute Gasteiger partial charge is 0.212 e. The van der Waals surface area contributed by atoms with Gasteiger partial charge in [0.15, 0.2) is 5.82 Å². The Balaban J connectivity index is 1.46. The molecule has 0 saturated heterocycles. The number of nitrogens with one attached hydrogen (secondary N) is 1. The minimum absolute atomic E-state index is 0.0365. The number of hydrogen-bond acceptors (Lipinski definition) is 6. The number of rotatable bonds is 6. The van der Waals surface area contributed by atoms with E-state index in [0.29, 0.717) is 15.9 Å². The molecule has 1 saturated carbocycles. The van der Waals surface area contributed by atoms with E-state index >= 15 is 0 Å². The fourth-order valence-electron chi connectivity index (χ4n) is 2.36. The number of sulfonamides is 1. The van der Waals surface area contributed by atoms with E-state index in [2.05, 4.69) is 20.0 Å². The third kappa shape index (κ3) is 3.26. The van der Waals surface area contributed by atoms with Gasteiger partial charge in [-0.1, -0.05) is 41.7 Å². The molecule has 0 atom stereocenters. The lowest BCUT2D eigenvalue weighted by Crippen LogP contribution is -2.24. The van der Waals surface area contributed by atoms with Crippen molar-refractivity contribution in [2.45, 2.75) is 31.1 Å². The van der Waals surface area contributed by atoms with Crippen LogP contribution in [0.1, 0.15) is 35.2 Å². The molecule has 23 heavy (non-hydrogen) atoms. The van der Waals surface area contributed by atoms with Crippen LogP contribution in [-0.4, -0.2) is 28.2 Å². The van der Waals surface area contributed by atoms with Crippen LogP contribution in [0.2, 0.25) is 0 Å². The van der Waals surface area contributed by atoms with E-state index in [-0.39, 0.29) is 12.3 Å². The van der Waals surface area contributed by atoms with Crippen LogP contribution in [-0.2, 0) is 22.3 Å². The van der Waals surface area contributed by atoms with E-state index < -0.39 is 10.0 Å². The Hall–Kier alpha value is -1.84. The number of nitrogens with zero attached hydrogens (tertiary/aromatic N) is 4. The van der Waals surface area contributed by atoms with E-state index in [1.807, 2.05) is 18.2 Å². The minimum Gasteiger partial charge on any atom is -0.212 e. The van der Waals surface area contributed by atoms with Gasteiger partial charge in [-0.25, -0.2) is 13.1 Å². The summed E-state index contributed by atoms with van der Waals surface area (Å²) >= 11 is 1.36. The molecule has 0 bridgehead atoms. The lowest BCUT2D eigenvalue weighted by molar-refractivity contribution is 0.579. The molecule has 120 valence electrons. The highest BCUT2D eigenvalue weighted by atomic mass is 32.2. The van der Waals surface area contributed by atoms with Crippen molar-refractivity contribution in [3.63, 3.8) is 0 Å². The number of aromatic nitrogens is 4. The fourth-order valence-corrected chi connectivity index (χ4v) is 4.32. The Morgan fingerprint density at radius 2 is 2.00 bits per heavy atom. The second kappa shape index (κ2) is 5.66. The largest absolute Gasteiger partial charge is 0.234 e. The molecule has 0 amide bonds. The van der Waals surface area contributed by atoms with Crippen molar-refractivity contribution >= 4 is 26.3 Å². The molecular weight excluding hydrogens is 334 g/mol. The van der Waals surface area contributed by atoms with Crippen molar-refractivity contribution in [3.05, 3.63) is 46.7 Å². The highest BCUT2D eigenvalue weighted by Gasteiger charge is 2.30. The highest BCUT2D eigenvalue weighted by Crippen LogP contribution is 2.39. The highest BCUT2D eigenvalue weighted by molar-refractivity contribution is 7.88. The Morgan fingerprint density at radius 3 is 2.74 bits per heavy atom. The van der Waals surface area contributed by atoms with E-state index in [1.165, 1.54) is 11.3 Å². The van der Waals surface area contributed by atoms with Crippen LogP contribution in [0.5, 0.6) is 0 Å². The third-order valence-electron chi connectivity index (χ3n) is 3.64. The molecule has 3 aromatic rings. The van der Waals surface area contributed by atoms with Crippen molar-refractivity contribution < 1.29 is 8.42 Å². The second-order valence-corrected chi connectivity index (χ2v) is 8.44. The summed E-state index contributed by atoms with van der Waals surface area (Å²) in [6.07, 6.45) is 2.24. The van der Waals surface area contributed by atoms with Gasteiger partial charge in [-0.05, 0) is 18.4 Å². The number of hydrogen-bond donors (Lipinski definition) is 1. The SMILES string of the molecule is O=S(=O)(Cc1ccccc1)NCc1nn2c(C3CC3)nnc2s1. The molecule has 7 nitrogen and oxygen atoms in total.